The summed E-state index contributed by atoms with van der Waals surface area (Å²) in [6.45, 7) is 6.65. The first-order chi connectivity index (χ1) is 11.4. The third kappa shape index (κ3) is 3.37. The van der Waals surface area contributed by atoms with E-state index < -0.39 is 6.10 Å². The van der Waals surface area contributed by atoms with Gasteiger partial charge in [-0.3, -0.25) is 4.79 Å². The van der Waals surface area contributed by atoms with Gasteiger partial charge in [0.05, 0.1) is 12.1 Å². The minimum atomic E-state index is -0.658. The minimum Gasteiger partial charge on any atom is -0.386 e. The van der Waals surface area contributed by atoms with Crippen LogP contribution in [-0.4, -0.2) is 17.1 Å². The van der Waals surface area contributed by atoms with Gasteiger partial charge in [-0.1, -0.05) is 44.2 Å². The quantitative estimate of drug-likeness (QED) is 0.826. The molecule has 1 amide bonds. The average molecular weight is 329 g/mol. The lowest BCUT2D eigenvalue weighted by molar-refractivity contribution is -0.123. The molecule has 3 heteroatoms. The highest BCUT2D eigenvalue weighted by Crippen LogP contribution is 2.60. The highest BCUT2D eigenvalue weighted by molar-refractivity contribution is 5.76. The lowest BCUT2D eigenvalue weighted by Gasteiger charge is -2.38. The summed E-state index contributed by atoms with van der Waals surface area (Å²) in [5, 5.41) is 13.4. The number of aliphatic hydroxyl groups excluding tert-OH is 1. The van der Waals surface area contributed by atoms with Gasteiger partial charge in [-0.25, -0.2) is 0 Å². The third-order valence-corrected chi connectivity index (χ3v) is 6.74. The Bertz CT molecular complexity index is 568. The Kier molecular flexibility index (Phi) is 5.00. The topological polar surface area (TPSA) is 49.3 Å². The lowest BCUT2D eigenvalue weighted by Crippen LogP contribution is -2.38. The molecule has 3 rings (SSSR count). The largest absolute Gasteiger partial charge is 0.386 e. The molecule has 2 fully saturated rings. The van der Waals surface area contributed by atoms with Crippen LogP contribution in [0, 0.1) is 23.2 Å². The van der Waals surface area contributed by atoms with Crippen molar-refractivity contribution in [2.24, 2.45) is 23.2 Å². The van der Waals surface area contributed by atoms with Gasteiger partial charge < -0.3 is 10.4 Å². The van der Waals surface area contributed by atoms with Crippen LogP contribution in [0.1, 0.15) is 64.5 Å². The van der Waals surface area contributed by atoms with E-state index in [1.165, 1.54) is 19.3 Å². The highest BCUT2D eigenvalue weighted by Gasteiger charge is 2.52. The molecule has 2 N–H and O–H groups in total. The average Bonchev–Trinajstić information content (AvgIpc) is 3.13. The van der Waals surface area contributed by atoms with Crippen molar-refractivity contribution in [3.05, 3.63) is 35.9 Å². The smallest absolute Gasteiger partial charge is 0.220 e. The SMILES string of the molecule is CC(NC(=O)CCC1C2CCC(C2)C1(C)C)C(O)c1ccccc1. The van der Waals surface area contributed by atoms with E-state index in [0.717, 1.165) is 23.8 Å². The van der Waals surface area contributed by atoms with Crippen molar-refractivity contribution in [3.8, 4) is 0 Å². The van der Waals surface area contributed by atoms with E-state index in [4.69, 9.17) is 0 Å². The molecule has 2 aliphatic rings. The van der Waals surface area contributed by atoms with Gasteiger partial charge in [0.15, 0.2) is 0 Å². The van der Waals surface area contributed by atoms with E-state index in [0.29, 0.717) is 17.8 Å². The Morgan fingerprint density at radius 2 is 2.00 bits per heavy atom. The van der Waals surface area contributed by atoms with Gasteiger partial charge in [-0.15, -0.1) is 0 Å². The van der Waals surface area contributed by atoms with Gasteiger partial charge in [0.1, 0.15) is 0 Å². The first-order valence-corrected chi connectivity index (χ1v) is 9.42. The van der Waals surface area contributed by atoms with Crippen molar-refractivity contribution < 1.29 is 9.90 Å². The molecule has 2 bridgehead atoms. The summed E-state index contributed by atoms with van der Waals surface area (Å²) in [5.74, 6) is 2.42. The summed E-state index contributed by atoms with van der Waals surface area (Å²) >= 11 is 0. The van der Waals surface area contributed by atoms with Crippen LogP contribution in [-0.2, 0) is 4.79 Å². The zero-order chi connectivity index (χ0) is 17.3. The number of carbonyl (C=O) groups is 1. The number of amides is 1. The zero-order valence-corrected chi connectivity index (χ0v) is 15.2. The maximum Gasteiger partial charge on any atom is 0.220 e. The summed E-state index contributed by atoms with van der Waals surface area (Å²) in [4.78, 5) is 12.3. The van der Waals surface area contributed by atoms with E-state index in [2.05, 4.69) is 19.2 Å². The summed E-state index contributed by atoms with van der Waals surface area (Å²) in [6.07, 6.45) is 4.98. The molecule has 5 unspecified atom stereocenters. The summed E-state index contributed by atoms with van der Waals surface area (Å²) in [7, 11) is 0. The molecule has 0 aromatic heterocycles. The molecular formula is C21H31NO2. The van der Waals surface area contributed by atoms with Crippen LogP contribution in [0.15, 0.2) is 30.3 Å². The van der Waals surface area contributed by atoms with Crippen LogP contribution in [0.5, 0.6) is 0 Å². The van der Waals surface area contributed by atoms with Crippen LogP contribution in [0.3, 0.4) is 0 Å². The second-order valence-corrected chi connectivity index (χ2v) is 8.45. The molecule has 5 atom stereocenters. The van der Waals surface area contributed by atoms with Crippen molar-refractivity contribution in [3.63, 3.8) is 0 Å². The van der Waals surface area contributed by atoms with E-state index in [1.54, 1.807) is 0 Å². The van der Waals surface area contributed by atoms with E-state index in [9.17, 15) is 9.90 Å². The number of nitrogens with one attached hydrogen (secondary N) is 1. The third-order valence-electron chi connectivity index (χ3n) is 6.74. The second kappa shape index (κ2) is 6.87. The van der Waals surface area contributed by atoms with Crippen LogP contribution in [0.2, 0.25) is 0 Å². The fourth-order valence-electron chi connectivity index (χ4n) is 5.21. The number of rotatable bonds is 6. The molecule has 132 valence electrons. The molecule has 2 aliphatic carbocycles. The maximum absolute atomic E-state index is 12.3. The van der Waals surface area contributed by atoms with Crippen molar-refractivity contribution in [1.29, 1.82) is 0 Å². The Balaban J connectivity index is 1.49. The summed E-state index contributed by atoms with van der Waals surface area (Å²) in [6, 6.07) is 9.26. The molecule has 0 heterocycles. The molecule has 24 heavy (non-hydrogen) atoms. The summed E-state index contributed by atoms with van der Waals surface area (Å²) in [5.41, 5.74) is 1.23. The van der Waals surface area contributed by atoms with Crippen molar-refractivity contribution in [2.45, 2.75) is 65.0 Å². The molecule has 2 saturated carbocycles. The predicted octanol–water partition coefficient (Wildman–Crippen LogP) is 4.08. The first kappa shape index (κ1) is 17.5. The molecule has 0 radical (unpaired) electrons. The normalized spacial score (nSPS) is 30.1. The van der Waals surface area contributed by atoms with Crippen LogP contribution < -0.4 is 5.32 Å². The Labute approximate surface area is 145 Å². The second-order valence-electron chi connectivity index (χ2n) is 8.45. The molecule has 3 nitrogen and oxygen atoms in total. The molecule has 1 aromatic rings. The fraction of sp³-hybridized carbons (Fsp3) is 0.667. The number of carbonyl (C=O) groups excluding carboxylic acids is 1. The molecular weight excluding hydrogens is 298 g/mol. The van der Waals surface area contributed by atoms with Crippen LogP contribution in [0.4, 0.5) is 0 Å². The predicted molar refractivity (Wildman–Crippen MR) is 96.3 cm³/mol. The van der Waals surface area contributed by atoms with E-state index in [-0.39, 0.29) is 11.9 Å². The maximum atomic E-state index is 12.3. The number of fused-ring (bicyclic) bond motifs is 2. The van der Waals surface area contributed by atoms with Crippen LogP contribution >= 0.6 is 0 Å². The Morgan fingerprint density at radius 3 is 2.62 bits per heavy atom. The van der Waals surface area contributed by atoms with Gasteiger partial charge in [-0.2, -0.15) is 0 Å². The Morgan fingerprint density at radius 1 is 1.29 bits per heavy atom. The van der Waals surface area contributed by atoms with Gasteiger partial charge in [-0.05, 0) is 61.3 Å². The van der Waals surface area contributed by atoms with Crippen LogP contribution in [0.25, 0.3) is 0 Å². The van der Waals surface area contributed by atoms with Gasteiger partial charge in [0, 0.05) is 6.42 Å². The molecule has 1 aromatic carbocycles. The van der Waals surface area contributed by atoms with Crippen molar-refractivity contribution in [2.75, 3.05) is 0 Å². The summed E-state index contributed by atoms with van der Waals surface area (Å²) < 4.78 is 0. The molecule has 0 spiro atoms. The number of hydrogen-bond donors (Lipinski definition) is 2. The zero-order valence-electron chi connectivity index (χ0n) is 15.2. The van der Waals surface area contributed by atoms with Gasteiger partial charge in [0.2, 0.25) is 5.91 Å². The molecule has 0 saturated heterocycles. The van der Waals surface area contributed by atoms with E-state index in [1.807, 2.05) is 37.3 Å². The minimum absolute atomic E-state index is 0.0658. The molecule has 0 aliphatic heterocycles. The monoisotopic (exact) mass is 329 g/mol. The van der Waals surface area contributed by atoms with Crippen molar-refractivity contribution in [1.82, 2.24) is 5.32 Å². The highest BCUT2D eigenvalue weighted by atomic mass is 16.3. The lowest BCUT2D eigenvalue weighted by atomic mass is 9.67. The Hall–Kier alpha value is -1.35. The van der Waals surface area contributed by atoms with Gasteiger partial charge >= 0.3 is 0 Å². The van der Waals surface area contributed by atoms with Crippen molar-refractivity contribution >= 4 is 5.91 Å². The fourth-order valence-corrected chi connectivity index (χ4v) is 5.21. The number of hydrogen-bond acceptors (Lipinski definition) is 2. The number of aliphatic hydroxyl groups is 1. The van der Waals surface area contributed by atoms with E-state index >= 15 is 0 Å². The van der Waals surface area contributed by atoms with Gasteiger partial charge in [0.25, 0.3) is 0 Å². The standard InChI is InChI=1S/C21H31NO2/c1-14(20(24)15-7-5-4-6-8-15)22-19(23)12-11-18-16-9-10-17(13-16)21(18,2)3/h4-8,14,16-18,20,24H,9-13H2,1-3H3,(H,22,23). The first-order valence-electron chi connectivity index (χ1n) is 9.42. The number of benzene rings is 1.